The molecular weight excluding hydrogens is 522 g/mol. The molecule has 0 fully saturated rings. The number of fused-ring (bicyclic) bond motifs is 4. The fraction of sp³-hybridized carbons (Fsp3) is 0.406. The predicted molar refractivity (Wildman–Crippen MR) is 152 cm³/mol. The lowest BCUT2D eigenvalue weighted by Crippen LogP contribution is -2.63. The number of aliphatic hydroxyl groups is 1. The molecule has 0 spiro atoms. The lowest BCUT2D eigenvalue weighted by atomic mass is 9.60. The van der Waals surface area contributed by atoms with Crippen molar-refractivity contribution in [3.05, 3.63) is 93.9 Å². The zero-order chi connectivity index (χ0) is 28.4. The second kappa shape index (κ2) is 9.28. The second-order valence-electron chi connectivity index (χ2n) is 12.8. The third-order valence-corrected chi connectivity index (χ3v) is 13.7. The molecule has 0 amide bonds. The minimum atomic E-state index is -2.65. The largest absolute Gasteiger partial charge is 0.508 e. The molecule has 0 aliphatic heterocycles. The van der Waals surface area contributed by atoms with Crippen LogP contribution < -0.4 is 4.74 Å². The number of carbonyl (C=O) groups excluding carboxylic acids is 2. The van der Waals surface area contributed by atoms with E-state index < -0.39 is 25.6 Å². The van der Waals surface area contributed by atoms with Crippen LogP contribution in [0.3, 0.4) is 0 Å². The molecule has 6 rings (SSSR count). The van der Waals surface area contributed by atoms with Crippen LogP contribution in [0.15, 0.2) is 70.5 Å². The number of rotatable bonds is 5. The molecule has 0 saturated carbocycles. The number of nitrogens with zero attached hydrogens (tertiary/aromatic N) is 1. The number of Topliss-reactive ketones (excluding diaryl/α,β-unsaturated/α-hetero) is 2. The van der Waals surface area contributed by atoms with Crippen molar-refractivity contribution in [1.82, 2.24) is 5.16 Å². The standard InChI is InChI=1S/C32H35NO6Si/c1-31(2,3)40(4,5)39-32-22(16-21-15-20-13-9-10-14-23(20)27(34)25(21)28(32)35)17-24-26(29(32)36)30(33-38-24)37-18-19-11-7-6-8-12-19/h6-14,21-22,35H,15-18H2,1-5H3. The highest BCUT2D eigenvalue weighted by molar-refractivity contribution is 6.74. The van der Waals surface area contributed by atoms with Crippen LogP contribution in [0.5, 0.6) is 5.88 Å². The van der Waals surface area contributed by atoms with E-state index in [0.29, 0.717) is 36.2 Å². The maximum atomic E-state index is 14.7. The Labute approximate surface area is 235 Å². The molecule has 8 heteroatoms. The Morgan fingerprint density at radius 2 is 1.75 bits per heavy atom. The van der Waals surface area contributed by atoms with Gasteiger partial charge in [-0.25, -0.2) is 0 Å². The Bertz CT molecular complexity index is 1530. The summed E-state index contributed by atoms with van der Waals surface area (Å²) in [5.74, 6) is -1.03. The number of allylic oxidation sites excluding steroid dienone is 1. The van der Waals surface area contributed by atoms with Gasteiger partial charge >= 0.3 is 0 Å². The molecular formula is C32H35NO6Si. The van der Waals surface area contributed by atoms with Crippen molar-refractivity contribution >= 4 is 19.9 Å². The summed E-state index contributed by atoms with van der Waals surface area (Å²) in [4.78, 5) is 28.6. The van der Waals surface area contributed by atoms with Gasteiger partial charge in [-0.1, -0.05) is 75.4 Å². The molecule has 3 aliphatic rings. The van der Waals surface area contributed by atoms with Crippen LogP contribution in [-0.2, 0) is 23.9 Å². The quantitative estimate of drug-likeness (QED) is 0.351. The molecule has 3 aromatic rings. The molecule has 3 aliphatic carbocycles. The number of hydrogen-bond donors (Lipinski definition) is 1. The lowest BCUT2D eigenvalue weighted by molar-refractivity contribution is -0.0175. The molecule has 1 heterocycles. The van der Waals surface area contributed by atoms with Gasteiger partial charge in [0.25, 0.3) is 5.88 Å². The van der Waals surface area contributed by atoms with E-state index in [1.54, 1.807) is 6.07 Å². The molecule has 1 N–H and O–H groups in total. The molecule has 1 aromatic heterocycles. The van der Waals surface area contributed by atoms with Crippen molar-refractivity contribution in [2.75, 3.05) is 0 Å². The van der Waals surface area contributed by atoms with Gasteiger partial charge in [0.15, 0.2) is 25.5 Å². The Balaban J connectivity index is 1.49. The average Bonchev–Trinajstić information content (AvgIpc) is 3.31. The van der Waals surface area contributed by atoms with Crippen molar-refractivity contribution < 1.29 is 28.4 Å². The lowest BCUT2D eigenvalue weighted by Gasteiger charge is -2.52. The van der Waals surface area contributed by atoms with E-state index in [9.17, 15) is 14.7 Å². The molecule has 208 valence electrons. The van der Waals surface area contributed by atoms with Crippen LogP contribution in [-0.4, -0.2) is 35.7 Å². The Morgan fingerprint density at radius 1 is 1.05 bits per heavy atom. The van der Waals surface area contributed by atoms with E-state index in [-0.39, 0.29) is 40.5 Å². The van der Waals surface area contributed by atoms with Crippen LogP contribution >= 0.6 is 0 Å². The third-order valence-electron chi connectivity index (χ3n) is 9.30. The molecule has 0 bridgehead atoms. The molecule has 2 aromatic carbocycles. The smallest absolute Gasteiger partial charge is 0.265 e. The highest BCUT2D eigenvalue weighted by Gasteiger charge is 2.64. The zero-order valence-electron chi connectivity index (χ0n) is 23.6. The monoisotopic (exact) mass is 557 g/mol. The summed E-state index contributed by atoms with van der Waals surface area (Å²) in [6.07, 6.45) is 1.48. The van der Waals surface area contributed by atoms with Gasteiger partial charge in [0.1, 0.15) is 17.9 Å². The fourth-order valence-electron chi connectivity index (χ4n) is 6.18. The van der Waals surface area contributed by atoms with Gasteiger partial charge in [0.2, 0.25) is 5.78 Å². The van der Waals surface area contributed by atoms with E-state index in [2.05, 4.69) is 39.0 Å². The van der Waals surface area contributed by atoms with Crippen molar-refractivity contribution in [3.63, 3.8) is 0 Å². The summed E-state index contributed by atoms with van der Waals surface area (Å²) >= 11 is 0. The number of carbonyl (C=O) groups is 2. The van der Waals surface area contributed by atoms with E-state index in [0.717, 1.165) is 11.1 Å². The van der Waals surface area contributed by atoms with Crippen molar-refractivity contribution in [1.29, 1.82) is 0 Å². The second-order valence-corrected chi connectivity index (χ2v) is 17.5. The number of aromatic nitrogens is 1. The highest BCUT2D eigenvalue weighted by atomic mass is 28.4. The maximum absolute atomic E-state index is 14.7. The van der Waals surface area contributed by atoms with Crippen molar-refractivity contribution in [3.8, 4) is 5.88 Å². The van der Waals surface area contributed by atoms with E-state index in [4.69, 9.17) is 13.7 Å². The van der Waals surface area contributed by atoms with Crippen LogP contribution in [0.1, 0.15) is 64.8 Å². The molecule has 7 nitrogen and oxygen atoms in total. The van der Waals surface area contributed by atoms with Gasteiger partial charge < -0.3 is 18.8 Å². The maximum Gasteiger partial charge on any atom is 0.265 e. The third kappa shape index (κ3) is 3.99. The summed E-state index contributed by atoms with van der Waals surface area (Å²) in [6, 6.07) is 17.1. The minimum Gasteiger partial charge on any atom is -0.508 e. The van der Waals surface area contributed by atoms with Crippen molar-refractivity contribution in [2.45, 2.75) is 70.4 Å². The molecule has 0 radical (unpaired) electrons. The van der Waals surface area contributed by atoms with E-state index in [1.165, 1.54) is 0 Å². The van der Waals surface area contributed by atoms with Gasteiger partial charge in [-0.3, -0.25) is 9.59 Å². The minimum absolute atomic E-state index is 0.0840. The number of benzene rings is 2. The number of hydrogen-bond acceptors (Lipinski definition) is 7. The van der Waals surface area contributed by atoms with E-state index in [1.807, 2.05) is 48.5 Å². The number of ether oxygens (including phenoxy) is 1. The Kier molecular flexibility index (Phi) is 6.20. The zero-order valence-corrected chi connectivity index (χ0v) is 24.6. The van der Waals surface area contributed by atoms with Gasteiger partial charge in [0.05, 0.1) is 0 Å². The van der Waals surface area contributed by atoms with Crippen molar-refractivity contribution in [2.24, 2.45) is 11.8 Å². The summed E-state index contributed by atoms with van der Waals surface area (Å²) in [5, 5.41) is 16.0. The SMILES string of the molecule is CC(C)(C)[Si](C)(C)OC12C(=O)c3c(OCc4ccccc4)noc3CC1CC1Cc3ccccc3C(=O)C1=C2O. The Hall–Kier alpha value is -3.49. The number of aliphatic hydroxyl groups excluding tert-OH is 1. The summed E-state index contributed by atoms with van der Waals surface area (Å²) < 4.78 is 18.7. The average molecular weight is 558 g/mol. The van der Waals surface area contributed by atoms with Crippen LogP contribution in [0.25, 0.3) is 0 Å². The first-order valence-electron chi connectivity index (χ1n) is 13.9. The van der Waals surface area contributed by atoms with Gasteiger partial charge in [-0.05, 0) is 53.2 Å². The summed E-state index contributed by atoms with van der Waals surface area (Å²) in [7, 11) is -2.65. The summed E-state index contributed by atoms with van der Waals surface area (Å²) in [5.41, 5.74) is 1.24. The van der Waals surface area contributed by atoms with E-state index >= 15 is 0 Å². The van der Waals surface area contributed by atoms with Gasteiger partial charge in [-0.15, -0.1) is 0 Å². The fourth-order valence-corrected chi connectivity index (χ4v) is 7.65. The van der Waals surface area contributed by atoms with Gasteiger partial charge in [-0.2, -0.15) is 0 Å². The summed E-state index contributed by atoms with van der Waals surface area (Å²) in [6.45, 7) is 10.6. The molecule has 0 saturated heterocycles. The van der Waals surface area contributed by atoms with Crippen LogP contribution in [0.2, 0.25) is 18.1 Å². The molecule has 3 unspecified atom stereocenters. The first-order chi connectivity index (χ1) is 18.9. The molecule has 3 atom stereocenters. The first kappa shape index (κ1) is 26.7. The highest BCUT2D eigenvalue weighted by Crippen LogP contribution is 2.55. The molecule has 40 heavy (non-hydrogen) atoms. The van der Waals surface area contributed by atoms with Crippen LogP contribution in [0, 0.1) is 11.8 Å². The normalized spacial score (nSPS) is 24.2. The number of ketones is 2. The first-order valence-corrected chi connectivity index (χ1v) is 16.8. The van der Waals surface area contributed by atoms with Crippen LogP contribution in [0.4, 0.5) is 0 Å². The predicted octanol–water partition coefficient (Wildman–Crippen LogP) is 6.64. The topological polar surface area (TPSA) is 98.9 Å². The van der Waals surface area contributed by atoms with Gasteiger partial charge in [0, 0.05) is 23.5 Å². The Morgan fingerprint density at radius 3 is 2.48 bits per heavy atom.